The molecule has 0 aromatic heterocycles. The third kappa shape index (κ3) is 2.88. The molecule has 0 spiro atoms. The predicted molar refractivity (Wildman–Crippen MR) is 133 cm³/mol. The van der Waals surface area contributed by atoms with E-state index in [0.29, 0.717) is 5.57 Å². The van der Waals surface area contributed by atoms with Crippen LogP contribution in [0.1, 0.15) is 57.8 Å². The second kappa shape index (κ2) is 7.90. The Labute approximate surface area is 225 Å². The number of esters is 3. The van der Waals surface area contributed by atoms with Crippen molar-refractivity contribution in [2.75, 3.05) is 6.61 Å². The molecule has 3 aliphatic carbocycles. The summed E-state index contributed by atoms with van der Waals surface area (Å²) < 4.78 is 24.1. The van der Waals surface area contributed by atoms with E-state index in [4.69, 9.17) is 18.9 Å². The monoisotopic (exact) mass is 542 g/mol. The first-order valence-corrected chi connectivity index (χ1v) is 13.3. The number of rotatable bonds is 3. The Kier molecular flexibility index (Phi) is 5.36. The smallest absolute Gasteiger partial charge is 0.343 e. The highest BCUT2D eigenvalue weighted by molar-refractivity contribution is 5.91. The maximum absolute atomic E-state index is 13.9. The van der Waals surface area contributed by atoms with E-state index in [0.717, 1.165) is 0 Å². The van der Waals surface area contributed by atoms with Crippen LogP contribution in [0, 0.1) is 16.7 Å². The van der Waals surface area contributed by atoms with Gasteiger partial charge in [0.15, 0.2) is 11.2 Å². The van der Waals surface area contributed by atoms with Crippen LogP contribution in [0.15, 0.2) is 41.5 Å². The number of fused-ring (bicyclic) bond motifs is 4. The summed E-state index contributed by atoms with van der Waals surface area (Å²) in [6, 6.07) is 8.35. The van der Waals surface area contributed by atoms with Crippen LogP contribution in [0.2, 0.25) is 0 Å². The normalized spacial score (nSPS) is 45.2. The van der Waals surface area contributed by atoms with Crippen molar-refractivity contribution in [2.45, 2.75) is 88.7 Å². The summed E-state index contributed by atoms with van der Waals surface area (Å²) in [6.45, 7) is 7.67. The molecule has 2 saturated heterocycles. The summed E-state index contributed by atoms with van der Waals surface area (Å²) in [6.07, 6.45) is -4.44. The number of carbonyl (C=O) groups excluding carboxylic acids is 3. The molecule has 2 aliphatic heterocycles. The van der Waals surface area contributed by atoms with E-state index in [9.17, 15) is 29.7 Å². The molecule has 0 unspecified atom stereocenters. The van der Waals surface area contributed by atoms with Crippen LogP contribution in [-0.2, 0) is 28.5 Å². The van der Waals surface area contributed by atoms with Crippen molar-refractivity contribution in [1.82, 2.24) is 0 Å². The lowest BCUT2D eigenvalue weighted by Crippen LogP contribution is -2.87. The van der Waals surface area contributed by atoms with Gasteiger partial charge in [-0.05, 0) is 50.5 Å². The quantitative estimate of drug-likeness (QED) is 0.291. The highest BCUT2D eigenvalue weighted by Crippen LogP contribution is 2.75. The van der Waals surface area contributed by atoms with Crippen LogP contribution in [0.4, 0.5) is 0 Å². The van der Waals surface area contributed by atoms with Crippen LogP contribution in [-0.4, -0.2) is 81.1 Å². The minimum atomic E-state index is -2.41. The maximum atomic E-state index is 13.9. The fraction of sp³-hybridized carbons (Fsp3) is 0.621. The van der Waals surface area contributed by atoms with E-state index in [2.05, 4.69) is 0 Å². The van der Waals surface area contributed by atoms with Gasteiger partial charge in [0.1, 0.15) is 17.8 Å². The zero-order valence-electron chi connectivity index (χ0n) is 22.6. The standard InChI is InChI=1S/C29H34O10/c1-14-17(31)12-27-20(14)29(35,24(34)39-25(27,3)4)26(5)18(32)11-19-28(13-36-19,38-15(2)30)21(26)22(27)37-23(33)16-9-7-6-8-10-16/h6-10,17-19,21-22,31-32,35H,11-13H2,1-5H3/t17-,18-,19-,21+,22-,26+,27-,28-,29+/m0/s1. The molecule has 210 valence electrons. The average molecular weight is 543 g/mol. The van der Waals surface area contributed by atoms with Gasteiger partial charge in [0.2, 0.25) is 0 Å². The number of aliphatic hydroxyl groups is 3. The lowest BCUT2D eigenvalue weighted by atomic mass is 9.37. The van der Waals surface area contributed by atoms with Gasteiger partial charge >= 0.3 is 17.9 Å². The highest BCUT2D eigenvalue weighted by atomic mass is 16.6. The Morgan fingerprint density at radius 1 is 1.10 bits per heavy atom. The van der Waals surface area contributed by atoms with Crippen LogP contribution in [0.3, 0.4) is 0 Å². The molecule has 2 saturated carbocycles. The number of carbonyl (C=O) groups is 3. The van der Waals surface area contributed by atoms with E-state index in [1.165, 1.54) is 6.92 Å². The third-order valence-electron chi connectivity index (χ3n) is 10.4. The molecule has 1 aromatic rings. The average Bonchev–Trinajstić information content (AvgIpc) is 3.15. The molecule has 4 fully saturated rings. The Balaban J connectivity index is 1.67. The number of aliphatic hydroxyl groups excluding tert-OH is 2. The van der Waals surface area contributed by atoms with Gasteiger partial charge in [-0.15, -0.1) is 0 Å². The minimum Gasteiger partial charge on any atom is -0.457 e. The van der Waals surface area contributed by atoms with Gasteiger partial charge in [0.05, 0.1) is 35.7 Å². The summed E-state index contributed by atoms with van der Waals surface area (Å²) in [5.41, 5.74) is -7.51. The molecule has 2 heterocycles. The fourth-order valence-corrected chi connectivity index (χ4v) is 8.58. The minimum absolute atomic E-state index is 0.0200. The summed E-state index contributed by atoms with van der Waals surface area (Å²) in [5.74, 6) is -3.36. The van der Waals surface area contributed by atoms with Gasteiger partial charge < -0.3 is 34.3 Å². The molecule has 39 heavy (non-hydrogen) atoms. The number of hydrogen-bond donors (Lipinski definition) is 3. The number of hydrogen-bond acceptors (Lipinski definition) is 10. The molecule has 10 nitrogen and oxygen atoms in total. The zero-order valence-corrected chi connectivity index (χ0v) is 22.6. The largest absolute Gasteiger partial charge is 0.457 e. The first-order valence-electron chi connectivity index (χ1n) is 13.3. The van der Waals surface area contributed by atoms with E-state index in [1.54, 1.807) is 58.0 Å². The SMILES string of the molecule is CC(=O)O[C@@]12CO[C@H]1C[C@H](O)[C@]1(C)[C@H]2[C@H](OC(=O)c2ccccc2)[C@]23C[C@H](O)C(C)=C2[C@@]1(O)C(=O)OC3(C)C. The van der Waals surface area contributed by atoms with Crippen molar-refractivity contribution in [3.63, 3.8) is 0 Å². The Morgan fingerprint density at radius 3 is 2.36 bits per heavy atom. The van der Waals surface area contributed by atoms with E-state index < -0.39 is 75.9 Å². The molecule has 1 aromatic carbocycles. The van der Waals surface area contributed by atoms with Gasteiger partial charge in [-0.3, -0.25) is 4.79 Å². The molecule has 6 rings (SSSR count). The molecule has 9 atom stereocenters. The van der Waals surface area contributed by atoms with Crippen LogP contribution >= 0.6 is 0 Å². The highest BCUT2D eigenvalue weighted by Gasteiger charge is 2.87. The van der Waals surface area contributed by atoms with Gasteiger partial charge in [0, 0.05) is 18.8 Å². The van der Waals surface area contributed by atoms with Crippen LogP contribution in [0.25, 0.3) is 0 Å². The van der Waals surface area contributed by atoms with E-state index in [-0.39, 0.29) is 30.6 Å². The lowest BCUT2D eigenvalue weighted by Gasteiger charge is -2.73. The molecule has 0 amide bonds. The van der Waals surface area contributed by atoms with E-state index >= 15 is 0 Å². The lowest BCUT2D eigenvalue weighted by molar-refractivity contribution is -0.380. The maximum Gasteiger partial charge on any atom is 0.343 e. The van der Waals surface area contributed by atoms with Crippen molar-refractivity contribution in [1.29, 1.82) is 0 Å². The van der Waals surface area contributed by atoms with Crippen molar-refractivity contribution < 1.29 is 48.7 Å². The van der Waals surface area contributed by atoms with Crippen molar-refractivity contribution in [3.8, 4) is 0 Å². The molecule has 5 aliphatic rings. The second-order valence-corrected chi connectivity index (χ2v) is 12.4. The Hall–Kier alpha value is -2.79. The molecule has 10 heteroatoms. The number of cyclic esters (lactones) is 1. The zero-order chi connectivity index (χ0) is 28.3. The number of benzene rings is 1. The van der Waals surface area contributed by atoms with Gasteiger partial charge in [-0.2, -0.15) is 0 Å². The second-order valence-electron chi connectivity index (χ2n) is 12.4. The molecule has 2 bridgehead atoms. The molecule has 3 N–H and O–H groups in total. The van der Waals surface area contributed by atoms with Gasteiger partial charge in [-0.1, -0.05) is 25.1 Å². The van der Waals surface area contributed by atoms with E-state index in [1.807, 2.05) is 0 Å². The molecular weight excluding hydrogens is 508 g/mol. The van der Waals surface area contributed by atoms with Crippen molar-refractivity contribution >= 4 is 17.9 Å². The molecular formula is C29H34O10. The summed E-state index contributed by atoms with van der Waals surface area (Å²) in [7, 11) is 0. The predicted octanol–water partition coefficient (Wildman–Crippen LogP) is 1.45. The number of ether oxygens (including phenoxy) is 4. The first kappa shape index (κ1) is 26.4. The van der Waals surface area contributed by atoms with Gasteiger partial charge in [-0.25, -0.2) is 9.59 Å². The summed E-state index contributed by atoms with van der Waals surface area (Å²) >= 11 is 0. The summed E-state index contributed by atoms with van der Waals surface area (Å²) in [5, 5.41) is 35.5. The Morgan fingerprint density at radius 2 is 1.77 bits per heavy atom. The van der Waals surface area contributed by atoms with Crippen LogP contribution < -0.4 is 0 Å². The topological polar surface area (TPSA) is 149 Å². The molecule has 0 radical (unpaired) electrons. The van der Waals surface area contributed by atoms with Crippen molar-refractivity contribution in [3.05, 3.63) is 47.0 Å². The Bertz CT molecular complexity index is 1300. The van der Waals surface area contributed by atoms with Crippen molar-refractivity contribution in [2.24, 2.45) is 16.7 Å². The fourth-order valence-electron chi connectivity index (χ4n) is 8.58. The van der Waals surface area contributed by atoms with Gasteiger partial charge in [0.25, 0.3) is 0 Å². The third-order valence-corrected chi connectivity index (χ3v) is 10.4. The first-order chi connectivity index (χ1) is 18.2. The summed E-state index contributed by atoms with van der Waals surface area (Å²) in [4.78, 5) is 40.1. The van der Waals surface area contributed by atoms with Crippen LogP contribution in [0.5, 0.6) is 0 Å².